The lowest BCUT2D eigenvalue weighted by Gasteiger charge is -2.33. The van der Waals surface area contributed by atoms with E-state index in [2.05, 4.69) is 21.6 Å². The molecule has 2 saturated heterocycles. The van der Waals surface area contributed by atoms with Crippen molar-refractivity contribution in [3.8, 4) is 0 Å². The molecule has 0 spiro atoms. The zero-order chi connectivity index (χ0) is 28.3. The lowest BCUT2D eigenvalue weighted by molar-refractivity contribution is -0.119. The Balaban J connectivity index is 1.49. The summed E-state index contributed by atoms with van der Waals surface area (Å²) in [6, 6.07) is 0. The summed E-state index contributed by atoms with van der Waals surface area (Å²) < 4.78 is 0. The van der Waals surface area contributed by atoms with Gasteiger partial charge in [-0.25, -0.2) is 0 Å². The first-order valence-electron chi connectivity index (χ1n) is 16.4. The van der Waals surface area contributed by atoms with Crippen molar-refractivity contribution < 1.29 is 19.8 Å². The van der Waals surface area contributed by atoms with Crippen LogP contribution in [-0.4, -0.2) is 108 Å². The Morgan fingerprint density at radius 3 is 1.85 bits per heavy atom. The summed E-state index contributed by atoms with van der Waals surface area (Å²) in [5.74, 6) is 2.42. The van der Waals surface area contributed by atoms with E-state index in [-0.39, 0.29) is 12.4 Å². The van der Waals surface area contributed by atoms with Crippen LogP contribution in [0.2, 0.25) is 0 Å². The first-order chi connectivity index (χ1) is 18.9. The van der Waals surface area contributed by atoms with Crippen LogP contribution in [0.5, 0.6) is 0 Å². The van der Waals surface area contributed by atoms with E-state index in [9.17, 15) is 19.8 Å². The Labute approximate surface area is 239 Å². The van der Waals surface area contributed by atoms with Crippen molar-refractivity contribution in [2.75, 3.05) is 65.5 Å². The molecule has 7 heteroatoms. The fraction of sp³-hybridized carbons (Fsp3) is 0.938. The number of unbranched alkanes of at least 4 members (excludes halogenated alkanes) is 2. The molecule has 0 aliphatic carbocycles. The van der Waals surface area contributed by atoms with E-state index in [1.54, 1.807) is 6.92 Å². The van der Waals surface area contributed by atoms with Crippen molar-refractivity contribution in [1.29, 1.82) is 0 Å². The largest absolute Gasteiger partial charge is 0.394 e. The second-order valence-electron chi connectivity index (χ2n) is 12.5. The molecule has 0 aromatic carbocycles. The molecular weight excluding hydrogens is 490 g/mol. The minimum Gasteiger partial charge on any atom is -0.394 e. The van der Waals surface area contributed by atoms with Gasteiger partial charge in [0.2, 0.25) is 0 Å². The highest BCUT2D eigenvalue weighted by Crippen LogP contribution is 2.27. The zero-order valence-electron chi connectivity index (χ0n) is 25.5. The fourth-order valence-electron chi connectivity index (χ4n) is 6.43. The number of hydrogen-bond donors (Lipinski definition) is 2. The van der Waals surface area contributed by atoms with Gasteiger partial charge in [-0.1, -0.05) is 26.2 Å². The molecule has 1 unspecified atom stereocenters. The number of Topliss-reactive ketones (excluding diaryl/α,β-unsaturated/α-hetero) is 2. The number of likely N-dealkylation sites (tertiary alicyclic amines) is 2. The Morgan fingerprint density at radius 1 is 0.795 bits per heavy atom. The van der Waals surface area contributed by atoms with Gasteiger partial charge in [-0.15, -0.1) is 0 Å². The van der Waals surface area contributed by atoms with Crippen LogP contribution < -0.4 is 0 Å². The molecule has 0 saturated carbocycles. The second-order valence-corrected chi connectivity index (χ2v) is 12.5. The number of nitrogens with zero attached hydrogens (tertiary/aromatic N) is 3. The van der Waals surface area contributed by atoms with Crippen molar-refractivity contribution in [3.63, 3.8) is 0 Å². The first-order valence-corrected chi connectivity index (χ1v) is 16.4. The Kier molecular flexibility index (Phi) is 18.4. The lowest BCUT2D eigenvalue weighted by Crippen LogP contribution is -2.36. The van der Waals surface area contributed by atoms with E-state index in [0.717, 1.165) is 70.2 Å². The summed E-state index contributed by atoms with van der Waals surface area (Å²) in [7, 11) is 0. The number of carbonyl (C=O) groups is 2. The zero-order valence-corrected chi connectivity index (χ0v) is 25.5. The molecule has 7 nitrogen and oxygen atoms in total. The molecule has 2 fully saturated rings. The van der Waals surface area contributed by atoms with Gasteiger partial charge in [-0.3, -0.25) is 4.79 Å². The summed E-state index contributed by atoms with van der Waals surface area (Å²) >= 11 is 0. The van der Waals surface area contributed by atoms with E-state index >= 15 is 0 Å². The third-order valence-electron chi connectivity index (χ3n) is 9.00. The fourth-order valence-corrected chi connectivity index (χ4v) is 6.43. The molecule has 228 valence electrons. The van der Waals surface area contributed by atoms with Gasteiger partial charge in [-0.05, 0) is 122 Å². The highest BCUT2D eigenvalue weighted by atomic mass is 16.3. The van der Waals surface area contributed by atoms with Crippen LogP contribution in [0.1, 0.15) is 110 Å². The number of piperidine rings is 2. The maximum atomic E-state index is 12.5. The van der Waals surface area contributed by atoms with E-state index in [0.29, 0.717) is 31.6 Å². The van der Waals surface area contributed by atoms with Gasteiger partial charge in [0.05, 0.1) is 12.7 Å². The van der Waals surface area contributed by atoms with E-state index in [4.69, 9.17) is 0 Å². The maximum Gasteiger partial charge on any atom is 0.134 e. The Hall–Kier alpha value is -0.860. The molecule has 0 aromatic rings. The van der Waals surface area contributed by atoms with Gasteiger partial charge in [-0.2, -0.15) is 0 Å². The third-order valence-corrected chi connectivity index (χ3v) is 9.00. The van der Waals surface area contributed by atoms with Crippen molar-refractivity contribution in [1.82, 2.24) is 14.7 Å². The predicted octanol–water partition coefficient (Wildman–Crippen LogP) is 4.53. The molecule has 2 aliphatic rings. The molecule has 0 amide bonds. The lowest BCUT2D eigenvalue weighted by atomic mass is 9.87. The quantitative estimate of drug-likeness (QED) is 0.191. The Morgan fingerprint density at radius 2 is 1.33 bits per heavy atom. The first kappa shape index (κ1) is 34.3. The van der Waals surface area contributed by atoms with Crippen molar-refractivity contribution >= 4 is 11.6 Å². The second kappa shape index (κ2) is 20.9. The minimum atomic E-state index is -0.739. The van der Waals surface area contributed by atoms with Crippen LogP contribution in [0.4, 0.5) is 0 Å². The highest BCUT2D eigenvalue weighted by Gasteiger charge is 2.22. The molecule has 0 aromatic heterocycles. The van der Waals surface area contributed by atoms with Gasteiger partial charge >= 0.3 is 0 Å². The normalized spacial score (nSPS) is 19.1. The smallest absolute Gasteiger partial charge is 0.134 e. The van der Waals surface area contributed by atoms with Crippen molar-refractivity contribution in [2.45, 2.75) is 116 Å². The van der Waals surface area contributed by atoms with Crippen molar-refractivity contribution in [3.05, 3.63) is 0 Å². The topological polar surface area (TPSA) is 84.3 Å². The molecule has 2 rings (SSSR count). The molecule has 2 aliphatic heterocycles. The predicted molar refractivity (Wildman–Crippen MR) is 160 cm³/mol. The van der Waals surface area contributed by atoms with Gasteiger partial charge in [0, 0.05) is 32.4 Å². The summed E-state index contributed by atoms with van der Waals surface area (Å²) in [6.45, 7) is 12.8. The maximum absolute atomic E-state index is 12.5. The Bertz CT molecular complexity index is 645. The SMILES string of the molecule is CCCN1CCC(CCCC2CCN(CCC(=O)CCCCN(CCCCC(C)=O)CC(O)CO)CC2)CC1. The molecule has 0 radical (unpaired) electrons. The van der Waals surface area contributed by atoms with Gasteiger partial charge < -0.3 is 29.7 Å². The van der Waals surface area contributed by atoms with Gasteiger partial charge in [0.25, 0.3) is 0 Å². The van der Waals surface area contributed by atoms with Crippen molar-refractivity contribution in [2.24, 2.45) is 11.8 Å². The number of aliphatic hydroxyl groups excluding tert-OH is 2. The van der Waals surface area contributed by atoms with Crippen LogP contribution >= 0.6 is 0 Å². The number of ketones is 2. The highest BCUT2D eigenvalue weighted by molar-refractivity contribution is 5.78. The number of aliphatic hydroxyl groups is 2. The summed E-state index contributed by atoms with van der Waals surface area (Å²) in [5, 5.41) is 19.0. The summed E-state index contributed by atoms with van der Waals surface area (Å²) in [6.07, 6.45) is 15.6. The monoisotopic (exact) mass is 551 g/mol. The average molecular weight is 552 g/mol. The molecular formula is C32H61N3O4. The van der Waals surface area contributed by atoms with Crippen LogP contribution in [-0.2, 0) is 9.59 Å². The average Bonchev–Trinajstić information content (AvgIpc) is 2.93. The molecule has 0 bridgehead atoms. The van der Waals surface area contributed by atoms with E-state index in [1.165, 1.54) is 71.0 Å². The minimum absolute atomic E-state index is 0.212. The van der Waals surface area contributed by atoms with Crippen LogP contribution in [0.25, 0.3) is 0 Å². The van der Waals surface area contributed by atoms with E-state index < -0.39 is 6.10 Å². The third kappa shape index (κ3) is 16.2. The molecule has 1 atom stereocenters. The van der Waals surface area contributed by atoms with Crippen LogP contribution in [0.15, 0.2) is 0 Å². The molecule has 2 N–H and O–H groups in total. The van der Waals surface area contributed by atoms with Gasteiger partial charge in [0.15, 0.2) is 0 Å². The summed E-state index contributed by atoms with van der Waals surface area (Å²) in [4.78, 5) is 30.9. The number of hydrogen-bond acceptors (Lipinski definition) is 7. The summed E-state index contributed by atoms with van der Waals surface area (Å²) in [5.41, 5.74) is 0. The number of carbonyl (C=O) groups excluding carboxylic acids is 2. The molecule has 2 heterocycles. The van der Waals surface area contributed by atoms with Gasteiger partial charge in [0.1, 0.15) is 11.6 Å². The van der Waals surface area contributed by atoms with E-state index in [1.807, 2.05) is 0 Å². The number of rotatable bonds is 22. The van der Waals surface area contributed by atoms with Crippen LogP contribution in [0, 0.1) is 11.8 Å². The van der Waals surface area contributed by atoms with Crippen LogP contribution in [0.3, 0.4) is 0 Å². The standard InChI is InChI=1S/C32H61N3O4/c1-3-18-33-21-13-29(14-22-33)10-8-11-30-15-23-34(24-16-30)25-17-31(38)12-5-7-20-35(26-32(39)27-36)19-6-4-9-28(2)37/h29-30,32,36,39H,3-27H2,1-2H3. The molecule has 39 heavy (non-hydrogen) atoms.